The van der Waals surface area contributed by atoms with E-state index in [9.17, 15) is 0 Å². The highest BCUT2D eigenvalue weighted by Gasteiger charge is 1.49. The lowest BCUT2D eigenvalue weighted by atomic mass is 11.0. The molecule has 0 saturated heterocycles. The van der Waals surface area contributed by atoms with Crippen LogP contribution in [0.3, 0.4) is 0 Å². The zero-order valence-corrected chi connectivity index (χ0v) is 4.78. The molecule has 2 heteroatoms. The Labute approximate surface area is 47.1 Å². The van der Waals surface area contributed by atoms with Crippen molar-refractivity contribution < 1.29 is 0 Å². The first-order chi connectivity index (χ1) is 2.91. The molecule has 0 aliphatic carbocycles. The summed E-state index contributed by atoms with van der Waals surface area (Å²) in [5.74, 6) is 0. The number of nitrogens with two attached hydrogens (primary N) is 1. The van der Waals surface area contributed by atoms with Gasteiger partial charge in [-0.25, -0.2) is 0 Å². The maximum Gasteiger partial charge on any atom is 0.0426 e. The molecule has 0 aliphatic heterocycles. The van der Waals surface area contributed by atoms with E-state index in [0.29, 0.717) is 6.67 Å². The Bertz CT molecular complexity index is 8.04. The van der Waals surface area contributed by atoms with Gasteiger partial charge in [-0.15, -0.1) is 0 Å². The van der Waals surface area contributed by atoms with Crippen molar-refractivity contribution in [2.45, 2.75) is 21.3 Å². The highest BCUT2D eigenvalue weighted by atomic mass is 14.9. The number of nitrogens with one attached hydrogen (secondary N) is 1. The van der Waals surface area contributed by atoms with Crippen molar-refractivity contribution in [3.8, 4) is 0 Å². The van der Waals surface area contributed by atoms with Crippen LogP contribution in [0.4, 0.5) is 0 Å². The summed E-state index contributed by atoms with van der Waals surface area (Å²) in [6.07, 6.45) is 0. The van der Waals surface area contributed by atoms with Gasteiger partial charge in [0.05, 0.1) is 0 Å². The van der Waals surface area contributed by atoms with Crippen LogP contribution in [0, 0.1) is 0 Å². The molecule has 2 nitrogen and oxygen atoms in total. The molecule has 0 rings (SSSR count). The minimum absolute atomic E-state index is 0. The highest BCUT2D eigenvalue weighted by molar-refractivity contribution is 4.12. The second kappa shape index (κ2) is 38.9. The molecule has 48 valence electrons. The molecule has 0 aliphatic rings. The fourth-order valence-corrected chi connectivity index (χ4v) is 0. The van der Waals surface area contributed by atoms with Crippen LogP contribution >= 0.6 is 0 Å². The van der Waals surface area contributed by atoms with Gasteiger partial charge in [0.2, 0.25) is 0 Å². The predicted molar refractivity (Wildman–Crippen MR) is 36.2 cm³/mol. The van der Waals surface area contributed by atoms with Crippen molar-refractivity contribution >= 4 is 0 Å². The molecule has 0 atom stereocenters. The molecule has 3 N–H and O–H groups in total. The van der Waals surface area contributed by atoms with Crippen LogP contribution in [-0.4, -0.2) is 13.7 Å². The maximum absolute atomic E-state index is 4.92. The number of hydrogen-bond donors (Lipinski definition) is 2. The molecule has 0 aromatic carbocycles. The normalized spacial score (nSPS) is 5.14. The largest absolute Gasteiger partial charge is 0.319 e. The SMILES string of the molecule is C.CC.CNCN. The topological polar surface area (TPSA) is 38.0 Å². The van der Waals surface area contributed by atoms with Crippen LogP contribution in [0.25, 0.3) is 0 Å². The molecule has 0 bridgehead atoms. The minimum atomic E-state index is 0. The molecular formula is C5H18N2. The second-order valence-electron chi connectivity index (χ2n) is 0.558. The van der Waals surface area contributed by atoms with Crippen LogP contribution in [0.5, 0.6) is 0 Å². The highest BCUT2D eigenvalue weighted by Crippen LogP contribution is 1.15. The fraction of sp³-hybridized carbons (Fsp3) is 1.00. The third kappa shape index (κ3) is 107. The van der Waals surface area contributed by atoms with Gasteiger partial charge in [0, 0.05) is 6.67 Å². The van der Waals surface area contributed by atoms with E-state index in [0.717, 1.165) is 0 Å². The van der Waals surface area contributed by atoms with Gasteiger partial charge in [0.15, 0.2) is 0 Å². The lowest BCUT2D eigenvalue weighted by molar-refractivity contribution is 0.833. The Morgan fingerprint density at radius 2 is 1.57 bits per heavy atom. The number of rotatable bonds is 1. The summed E-state index contributed by atoms with van der Waals surface area (Å²) < 4.78 is 0. The van der Waals surface area contributed by atoms with Crippen LogP contribution < -0.4 is 11.1 Å². The summed E-state index contributed by atoms with van der Waals surface area (Å²) >= 11 is 0. The molecule has 0 radical (unpaired) electrons. The minimum Gasteiger partial charge on any atom is -0.319 e. The molecule has 0 amide bonds. The van der Waals surface area contributed by atoms with Crippen molar-refractivity contribution in [1.29, 1.82) is 0 Å². The van der Waals surface area contributed by atoms with E-state index in [-0.39, 0.29) is 7.43 Å². The Kier molecular flexibility index (Phi) is 87.6. The third-order valence-electron chi connectivity index (χ3n) is 0.204. The first-order valence-corrected chi connectivity index (χ1v) is 2.26. The van der Waals surface area contributed by atoms with E-state index in [1.54, 1.807) is 7.05 Å². The Morgan fingerprint density at radius 1 is 1.43 bits per heavy atom. The Balaban J connectivity index is -0.0000000480. The van der Waals surface area contributed by atoms with Gasteiger partial charge >= 0.3 is 0 Å². The third-order valence-corrected chi connectivity index (χ3v) is 0.204. The van der Waals surface area contributed by atoms with Crippen LogP contribution in [0.15, 0.2) is 0 Å². The van der Waals surface area contributed by atoms with Crippen LogP contribution in [0.2, 0.25) is 0 Å². The summed E-state index contributed by atoms with van der Waals surface area (Å²) in [4.78, 5) is 0. The van der Waals surface area contributed by atoms with Gasteiger partial charge in [0.25, 0.3) is 0 Å². The van der Waals surface area contributed by atoms with Crippen molar-refractivity contribution in [3.05, 3.63) is 0 Å². The van der Waals surface area contributed by atoms with E-state index in [1.807, 2.05) is 13.8 Å². The molecule has 0 fully saturated rings. The molecule has 0 unspecified atom stereocenters. The number of hydrogen-bond acceptors (Lipinski definition) is 2. The summed E-state index contributed by atoms with van der Waals surface area (Å²) in [5.41, 5.74) is 4.92. The zero-order valence-electron chi connectivity index (χ0n) is 4.78. The summed E-state index contributed by atoms with van der Waals surface area (Å²) in [6, 6.07) is 0. The lowest BCUT2D eigenvalue weighted by Crippen LogP contribution is -2.15. The first-order valence-electron chi connectivity index (χ1n) is 2.26. The van der Waals surface area contributed by atoms with Crippen molar-refractivity contribution in [2.75, 3.05) is 13.7 Å². The van der Waals surface area contributed by atoms with E-state index in [1.165, 1.54) is 0 Å². The molecule has 0 aromatic heterocycles. The van der Waals surface area contributed by atoms with Gasteiger partial charge < -0.3 is 11.1 Å². The summed E-state index contributed by atoms with van der Waals surface area (Å²) in [5, 5.41) is 2.71. The standard InChI is InChI=1S/C2H8N2.C2H6.CH4/c1-4-2-3;1-2;/h4H,2-3H2,1H3;1-2H3;1H4. The average Bonchev–Trinajstić information content (AvgIpc) is 1.72. The van der Waals surface area contributed by atoms with Gasteiger partial charge in [-0.2, -0.15) is 0 Å². The average molecular weight is 106 g/mol. The smallest absolute Gasteiger partial charge is 0.0426 e. The molecular weight excluding hydrogens is 88.1 g/mol. The molecule has 0 aromatic rings. The maximum atomic E-state index is 4.92. The van der Waals surface area contributed by atoms with Crippen molar-refractivity contribution in [1.82, 2.24) is 5.32 Å². The first kappa shape index (κ1) is 15.8. The van der Waals surface area contributed by atoms with Gasteiger partial charge in [-0.05, 0) is 7.05 Å². The van der Waals surface area contributed by atoms with E-state index in [4.69, 9.17) is 5.73 Å². The molecule has 0 saturated carbocycles. The monoisotopic (exact) mass is 106 g/mol. The van der Waals surface area contributed by atoms with E-state index >= 15 is 0 Å². The quantitative estimate of drug-likeness (QED) is 0.485. The molecule has 7 heavy (non-hydrogen) atoms. The summed E-state index contributed by atoms with van der Waals surface area (Å²) in [7, 11) is 1.81. The zero-order chi connectivity index (χ0) is 5.41. The fourth-order valence-electron chi connectivity index (χ4n) is 0. The summed E-state index contributed by atoms with van der Waals surface area (Å²) in [6.45, 7) is 4.57. The molecule has 0 spiro atoms. The second-order valence-corrected chi connectivity index (χ2v) is 0.558. The van der Waals surface area contributed by atoms with Gasteiger partial charge in [-0.1, -0.05) is 21.3 Å². The van der Waals surface area contributed by atoms with E-state index in [2.05, 4.69) is 5.32 Å². The van der Waals surface area contributed by atoms with Crippen LogP contribution in [-0.2, 0) is 0 Å². The van der Waals surface area contributed by atoms with Gasteiger partial charge in [0.1, 0.15) is 0 Å². The van der Waals surface area contributed by atoms with Crippen molar-refractivity contribution in [2.24, 2.45) is 5.73 Å². The van der Waals surface area contributed by atoms with Gasteiger partial charge in [-0.3, -0.25) is 0 Å². The predicted octanol–water partition coefficient (Wildman–Crippen LogP) is 0.784. The Morgan fingerprint density at radius 3 is 1.57 bits per heavy atom. The van der Waals surface area contributed by atoms with E-state index < -0.39 is 0 Å². The van der Waals surface area contributed by atoms with Crippen LogP contribution in [0.1, 0.15) is 21.3 Å². The molecule has 0 heterocycles. The van der Waals surface area contributed by atoms with Crippen molar-refractivity contribution in [3.63, 3.8) is 0 Å². The Hall–Kier alpha value is -0.0800. The lowest BCUT2D eigenvalue weighted by Gasteiger charge is -1.77.